The first kappa shape index (κ1) is 13.6. The Balaban J connectivity index is 1.50. The number of hydrogen-bond donors (Lipinski definition) is 2. The Kier molecular flexibility index (Phi) is 4.03. The first-order valence-corrected chi connectivity index (χ1v) is 7.43. The molecule has 1 aromatic rings. The summed E-state index contributed by atoms with van der Waals surface area (Å²) in [4.78, 5) is 12.2. The average Bonchev–Trinajstić information content (AvgIpc) is 2.88. The summed E-state index contributed by atoms with van der Waals surface area (Å²) < 4.78 is 5.51. The molecule has 20 heavy (non-hydrogen) atoms. The maximum Gasteiger partial charge on any atom is 0.239 e. The van der Waals surface area contributed by atoms with E-state index in [1.54, 1.807) is 0 Å². The third kappa shape index (κ3) is 2.86. The van der Waals surface area contributed by atoms with E-state index in [2.05, 4.69) is 34.9 Å². The van der Waals surface area contributed by atoms with Crippen LogP contribution in [0.2, 0.25) is 0 Å². The molecule has 0 aromatic heterocycles. The van der Waals surface area contributed by atoms with E-state index in [0.29, 0.717) is 12.5 Å². The summed E-state index contributed by atoms with van der Waals surface area (Å²) in [6, 6.07) is 8.34. The van der Waals surface area contributed by atoms with Crippen LogP contribution in [0.15, 0.2) is 24.3 Å². The van der Waals surface area contributed by atoms with E-state index >= 15 is 0 Å². The highest BCUT2D eigenvalue weighted by atomic mass is 16.5. The van der Waals surface area contributed by atoms with Crippen LogP contribution < -0.4 is 10.6 Å². The molecule has 108 valence electrons. The number of morpholine rings is 1. The van der Waals surface area contributed by atoms with Crippen LogP contribution in [-0.2, 0) is 22.4 Å². The number of benzene rings is 1. The molecule has 3 rings (SSSR count). The summed E-state index contributed by atoms with van der Waals surface area (Å²) in [5.41, 5.74) is 2.86. The van der Waals surface area contributed by atoms with E-state index in [9.17, 15) is 4.79 Å². The minimum atomic E-state index is -0.215. The Morgan fingerprint density at radius 1 is 1.35 bits per heavy atom. The van der Waals surface area contributed by atoms with Crippen LogP contribution in [0.25, 0.3) is 0 Å². The quantitative estimate of drug-likeness (QED) is 0.861. The Labute approximate surface area is 119 Å². The van der Waals surface area contributed by atoms with Crippen LogP contribution in [0.5, 0.6) is 0 Å². The fourth-order valence-electron chi connectivity index (χ4n) is 3.18. The minimum Gasteiger partial charge on any atom is -0.375 e. The van der Waals surface area contributed by atoms with Gasteiger partial charge in [-0.3, -0.25) is 4.79 Å². The summed E-state index contributed by atoms with van der Waals surface area (Å²) in [6.45, 7) is 4.13. The van der Waals surface area contributed by atoms with Gasteiger partial charge in [-0.15, -0.1) is 0 Å². The zero-order valence-electron chi connectivity index (χ0n) is 11.9. The highest BCUT2D eigenvalue weighted by Gasteiger charge is 2.29. The van der Waals surface area contributed by atoms with Gasteiger partial charge >= 0.3 is 0 Å². The van der Waals surface area contributed by atoms with Crippen molar-refractivity contribution in [2.45, 2.75) is 31.9 Å². The van der Waals surface area contributed by atoms with E-state index in [-0.39, 0.29) is 18.1 Å². The molecule has 2 N–H and O–H groups in total. The SMILES string of the molecule is C[C@H]1OCCN[C@@H]1C(=O)NCC1Cc2ccccc2C1. The van der Waals surface area contributed by atoms with Crippen molar-refractivity contribution in [1.29, 1.82) is 0 Å². The molecule has 0 radical (unpaired) electrons. The summed E-state index contributed by atoms with van der Waals surface area (Å²) in [7, 11) is 0. The number of hydrogen-bond acceptors (Lipinski definition) is 3. The molecular weight excluding hydrogens is 252 g/mol. The van der Waals surface area contributed by atoms with Gasteiger partial charge in [-0.25, -0.2) is 0 Å². The number of amides is 1. The Morgan fingerprint density at radius 2 is 2.05 bits per heavy atom. The molecule has 4 heteroatoms. The largest absolute Gasteiger partial charge is 0.375 e. The fourth-order valence-corrected chi connectivity index (χ4v) is 3.18. The number of carbonyl (C=O) groups excluding carboxylic acids is 1. The molecule has 2 atom stereocenters. The molecule has 1 fully saturated rings. The Morgan fingerprint density at radius 3 is 2.70 bits per heavy atom. The van der Waals surface area contributed by atoms with E-state index in [0.717, 1.165) is 25.9 Å². The average molecular weight is 274 g/mol. The molecule has 0 spiro atoms. The second-order valence-electron chi connectivity index (χ2n) is 5.80. The van der Waals surface area contributed by atoms with Crippen molar-refractivity contribution in [2.75, 3.05) is 19.7 Å². The minimum absolute atomic E-state index is 0.0514. The summed E-state index contributed by atoms with van der Waals surface area (Å²) >= 11 is 0. The smallest absolute Gasteiger partial charge is 0.239 e. The molecule has 1 aromatic carbocycles. The molecule has 1 saturated heterocycles. The lowest BCUT2D eigenvalue weighted by molar-refractivity contribution is -0.129. The van der Waals surface area contributed by atoms with E-state index in [4.69, 9.17) is 4.74 Å². The number of carbonyl (C=O) groups is 1. The van der Waals surface area contributed by atoms with E-state index in [1.807, 2.05) is 6.92 Å². The molecule has 1 amide bonds. The molecule has 4 nitrogen and oxygen atoms in total. The highest BCUT2D eigenvalue weighted by molar-refractivity contribution is 5.82. The van der Waals surface area contributed by atoms with Crippen LogP contribution in [0.4, 0.5) is 0 Å². The third-order valence-corrected chi connectivity index (χ3v) is 4.30. The van der Waals surface area contributed by atoms with Crippen molar-refractivity contribution in [3.63, 3.8) is 0 Å². The van der Waals surface area contributed by atoms with Crippen LogP contribution in [0.1, 0.15) is 18.1 Å². The number of nitrogens with one attached hydrogen (secondary N) is 2. The van der Waals surface area contributed by atoms with Gasteiger partial charge in [0.05, 0.1) is 12.7 Å². The number of ether oxygens (including phenoxy) is 1. The van der Waals surface area contributed by atoms with Crippen LogP contribution in [-0.4, -0.2) is 37.7 Å². The maximum absolute atomic E-state index is 12.2. The van der Waals surface area contributed by atoms with E-state index < -0.39 is 0 Å². The lowest BCUT2D eigenvalue weighted by Gasteiger charge is -2.29. The third-order valence-electron chi connectivity index (χ3n) is 4.30. The lowest BCUT2D eigenvalue weighted by atomic mass is 10.1. The highest BCUT2D eigenvalue weighted by Crippen LogP contribution is 2.25. The summed E-state index contributed by atoms with van der Waals surface area (Å²) in [5, 5.41) is 6.30. The van der Waals surface area contributed by atoms with Gasteiger partial charge in [0.1, 0.15) is 6.04 Å². The van der Waals surface area contributed by atoms with Crippen molar-refractivity contribution in [3.05, 3.63) is 35.4 Å². The number of fused-ring (bicyclic) bond motifs is 1. The molecule has 1 heterocycles. The standard InChI is InChI=1S/C16H22N2O2/c1-11-15(17-6-7-20-11)16(19)18-10-12-8-13-4-2-3-5-14(13)9-12/h2-5,11-12,15,17H,6-10H2,1H3,(H,18,19)/t11-,15+/m1/s1. The predicted octanol–water partition coefficient (Wildman–Crippen LogP) is 0.895. The zero-order valence-corrected chi connectivity index (χ0v) is 11.9. The zero-order chi connectivity index (χ0) is 13.9. The van der Waals surface area contributed by atoms with Gasteiger partial charge in [0.15, 0.2) is 0 Å². The molecule has 1 aliphatic heterocycles. The predicted molar refractivity (Wildman–Crippen MR) is 77.6 cm³/mol. The van der Waals surface area contributed by atoms with Crippen molar-refractivity contribution in [3.8, 4) is 0 Å². The second-order valence-corrected chi connectivity index (χ2v) is 5.80. The topological polar surface area (TPSA) is 50.4 Å². The van der Waals surface area contributed by atoms with Crippen molar-refractivity contribution >= 4 is 5.91 Å². The summed E-state index contributed by atoms with van der Waals surface area (Å²) in [6.07, 6.45) is 2.09. The normalized spacial score (nSPS) is 26.2. The maximum atomic E-state index is 12.2. The molecule has 1 aliphatic carbocycles. The van der Waals surface area contributed by atoms with Gasteiger partial charge in [0.25, 0.3) is 0 Å². The molecule has 0 bridgehead atoms. The first-order chi connectivity index (χ1) is 9.74. The van der Waals surface area contributed by atoms with Crippen LogP contribution in [0, 0.1) is 5.92 Å². The molecule has 2 aliphatic rings. The van der Waals surface area contributed by atoms with Crippen molar-refractivity contribution in [2.24, 2.45) is 5.92 Å². The molecular formula is C16H22N2O2. The molecule has 0 unspecified atom stereocenters. The van der Waals surface area contributed by atoms with Gasteiger partial charge in [-0.05, 0) is 36.8 Å². The van der Waals surface area contributed by atoms with Gasteiger partial charge in [0.2, 0.25) is 5.91 Å². The first-order valence-electron chi connectivity index (χ1n) is 7.43. The lowest BCUT2D eigenvalue weighted by Crippen LogP contribution is -2.56. The molecule has 0 saturated carbocycles. The Hall–Kier alpha value is -1.39. The Bertz CT molecular complexity index is 464. The van der Waals surface area contributed by atoms with E-state index in [1.165, 1.54) is 11.1 Å². The summed E-state index contributed by atoms with van der Waals surface area (Å²) in [5.74, 6) is 0.587. The van der Waals surface area contributed by atoms with Crippen LogP contribution in [0.3, 0.4) is 0 Å². The fraction of sp³-hybridized carbons (Fsp3) is 0.562. The van der Waals surface area contributed by atoms with Gasteiger partial charge in [-0.2, -0.15) is 0 Å². The van der Waals surface area contributed by atoms with Gasteiger partial charge in [-0.1, -0.05) is 24.3 Å². The van der Waals surface area contributed by atoms with Crippen molar-refractivity contribution < 1.29 is 9.53 Å². The number of rotatable bonds is 3. The van der Waals surface area contributed by atoms with Gasteiger partial charge < -0.3 is 15.4 Å². The second kappa shape index (κ2) is 5.94. The van der Waals surface area contributed by atoms with Crippen LogP contribution >= 0.6 is 0 Å². The monoisotopic (exact) mass is 274 g/mol. The van der Waals surface area contributed by atoms with Gasteiger partial charge in [0, 0.05) is 13.1 Å². The van der Waals surface area contributed by atoms with Crippen molar-refractivity contribution in [1.82, 2.24) is 10.6 Å².